The van der Waals surface area contributed by atoms with E-state index in [2.05, 4.69) is 35.8 Å². The Hall–Kier alpha value is -2.22. The third kappa shape index (κ3) is 4.19. The van der Waals surface area contributed by atoms with Gasteiger partial charge in [-0.05, 0) is 29.8 Å². The van der Waals surface area contributed by atoms with E-state index in [9.17, 15) is 4.39 Å². The van der Waals surface area contributed by atoms with Crippen LogP contribution in [0.15, 0.2) is 46.1 Å². The predicted molar refractivity (Wildman–Crippen MR) is 95.2 cm³/mol. The SMILES string of the molecule is NC(=NCc1cc(F)cc(Br)c1)N1CCN(c2ncccn2)CC1. The predicted octanol–water partition coefficient (Wildman–Crippen LogP) is 2.02. The lowest BCUT2D eigenvalue weighted by Gasteiger charge is -2.35. The first-order valence-corrected chi connectivity index (χ1v) is 8.43. The fourth-order valence-corrected chi connectivity index (χ4v) is 3.08. The molecule has 6 nitrogen and oxygen atoms in total. The molecule has 2 aromatic rings. The van der Waals surface area contributed by atoms with Gasteiger partial charge in [0.15, 0.2) is 5.96 Å². The molecule has 1 saturated heterocycles. The second-order valence-corrected chi connectivity index (χ2v) is 6.39. The summed E-state index contributed by atoms with van der Waals surface area (Å²) in [5.74, 6) is 0.922. The summed E-state index contributed by atoms with van der Waals surface area (Å²) in [4.78, 5) is 17.0. The molecule has 0 atom stereocenters. The van der Waals surface area contributed by atoms with E-state index in [1.807, 2.05) is 11.0 Å². The maximum Gasteiger partial charge on any atom is 0.225 e. The van der Waals surface area contributed by atoms with Crippen molar-refractivity contribution in [2.45, 2.75) is 6.54 Å². The van der Waals surface area contributed by atoms with Crippen molar-refractivity contribution in [3.8, 4) is 0 Å². The van der Waals surface area contributed by atoms with E-state index in [4.69, 9.17) is 5.73 Å². The van der Waals surface area contributed by atoms with Crippen LogP contribution in [0.25, 0.3) is 0 Å². The van der Waals surface area contributed by atoms with E-state index in [1.165, 1.54) is 12.1 Å². The number of hydrogen-bond donors (Lipinski definition) is 1. The van der Waals surface area contributed by atoms with Crippen molar-refractivity contribution < 1.29 is 4.39 Å². The monoisotopic (exact) mass is 392 g/mol. The zero-order valence-corrected chi connectivity index (χ0v) is 14.7. The minimum Gasteiger partial charge on any atom is -0.370 e. The van der Waals surface area contributed by atoms with E-state index in [0.29, 0.717) is 17.0 Å². The Kier molecular flexibility index (Phi) is 5.24. The summed E-state index contributed by atoms with van der Waals surface area (Å²) in [6.07, 6.45) is 3.48. The van der Waals surface area contributed by atoms with Gasteiger partial charge in [-0.15, -0.1) is 0 Å². The number of guanidine groups is 1. The molecule has 0 aliphatic carbocycles. The molecule has 0 bridgehead atoms. The molecule has 0 radical (unpaired) electrons. The highest BCUT2D eigenvalue weighted by atomic mass is 79.9. The van der Waals surface area contributed by atoms with Gasteiger partial charge in [0.25, 0.3) is 0 Å². The van der Waals surface area contributed by atoms with Crippen molar-refractivity contribution in [1.29, 1.82) is 0 Å². The maximum absolute atomic E-state index is 13.4. The van der Waals surface area contributed by atoms with Crippen LogP contribution in [0.5, 0.6) is 0 Å². The van der Waals surface area contributed by atoms with Gasteiger partial charge in [-0.3, -0.25) is 0 Å². The molecule has 0 saturated carbocycles. The molecule has 1 fully saturated rings. The van der Waals surface area contributed by atoms with Crippen molar-refractivity contribution >= 4 is 27.8 Å². The number of halogens is 2. The molecule has 0 amide bonds. The number of benzene rings is 1. The molecule has 24 heavy (non-hydrogen) atoms. The third-order valence-corrected chi connectivity index (χ3v) is 4.24. The van der Waals surface area contributed by atoms with E-state index in [-0.39, 0.29) is 5.82 Å². The number of rotatable bonds is 3. The number of aliphatic imine (C=N–C) groups is 1. The van der Waals surface area contributed by atoms with Crippen molar-refractivity contribution in [2.24, 2.45) is 10.7 Å². The number of nitrogens with zero attached hydrogens (tertiary/aromatic N) is 5. The molecular weight excluding hydrogens is 375 g/mol. The minimum atomic E-state index is -0.287. The van der Waals surface area contributed by atoms with E-state index < -0.39 is 0 Å². The molecule has 2 N–H and O–H groups in total. The number of piperazine rings is 1. The van der Waals surface area contributed by atoms with Crippen molar-refractivity contribution in [2.75, 3.05) is 31.1 Å². The Morgan fingerprint density at radius 3 is 2.54 bits per heavy atom. The molecule has 2 heterocycles. The van der Waals surface area contributed by atoms with Gasteiger partial charge >= 0.3 is 0 Å². The smallest absolute Gasteiger partial charge is 0.225 e. The molecule has 0 spiro atoms. The zero-order chi connectivity index (χ0) is 16.9. The summed E-state index contributed by atoms with van der Waals surface area (Å²) >= 11 is 3.28. The van der Waals surface area contributed by atoms with Crippen LogP contribution in [0.2, 0.25) is 0 Å². The van der Waals surface area contributed by atoms with Gasteiger partial charge in [0.1, 0.15) is 5.82 Å². The normalized spacial score (nSPS) is 15.7. The quantitative estimate of drug-likeness (QED) is 0.638. The summed E-state index contributed by atoms with van der Waals surface area (Å²) < 4.78 is 14.1. The number of anilines is 1. The van der Waals surface area contributed by atoms with Crippen molar-refractivity contribution in [3.05, 3.63) is 52.5 Å². The first-order valence-electron chi connectivity index (χ1n) is 7.63. The van der Waals surface area contributed by atoms with Crippen LogP contribution in [0.3, 0.4) is 0 Å². The molecule has 8 heteroatoms. The Labute approximate surface area is 148 Å². The summed E-state index contributed by atoms with van der Waals surface area (Å²) in [5.41, 5.74) is 6.86. The summed E-state index contributed by atoms with van der Waals surface area (Å²) in [6.45, 7) is 3.42. The lowest BCUT2D eigenvalue weighted by molar-refractivity contribution is 0.378. The summed E-state index contributed by atoms with van der Waals surface area (Å²) in [7, 11) is 0. The molecule has 126 valence electrons. The highest BCUT2D eigenvalue weighted by Crippen LogP contribution is 2.16. The summed E-state index contributed by atoms with van der Waals surface area (Å²) in [5, 5.41) is 0. The highest BCUT2D eigenvalue weighted by molar-refractivity contribution is 9.10. The number of nitrogens with two attached hydrogens (primary N) is 1. The largest absolute Gasteiger partial charge is 0.370 e. The van der Waals surface area contributed by atoms with Gasteiger partial charge in [0, 0.05) is 43.0 Å². The average molecular weight is 393 g/mol. The Morgan fingerprint density at radius 2 is 1.88 bits per heavy atom. The first-order chi connectivity index (χ1) is 11.6. The molecule has 0 unspecified atom stereocenters. The van der Waals surface area contributed by atoms with E-state index in [1.54, 1.807) is 18.5 Å². The second kappa shape index (κ2) is 7.57. The van der Waals surface area contributed by atoms with Gasteiger partial charge in [-0.1, -0.05) is 15.9 Å². The number of hydrogen-bond acceptors (Lipinski definition) is 4. The van der Waals surface area contributed by atoms with Crippen molar-refractivity contribution in [3.63, 3.8) is 0 Å². The standard InChI is InChI=1S/C16H18BrFN6/c17-13-8-12(9-14(18)10-13)11-22-15(19)23-4-6-24(7-5-23)16-20-2-1-3-21-16/h1-3,8-10H,4-7,11H2,(H2,19,22). The van der Waals surface area contributed by atoms with Crippen LogP contribution in [0, 0.1) is 5.82 Å². The molecule has 1 aliphatic heterocycles. The van der Waals surface area contributed by atoms with E-state index >= 15 is 0 Å². The van der Waals surface area contributed by atoms with E-state index in [0.717, 1.165) is 37.7 Å². The molecule has 1 aromatic heterocycles. The van der Waals surface area contributed by atoms with Gasteiger partial charge in [-0.25, -0.2) is 19.4 Å². The number of aromatic nitrogens is 2. The Balaban J connectivity index is 1.57. The fourth-order valence-electron chi connectivity index (χ4n) is 2.56. The van der Waals surface area contributed by atoms with Crippen LogP contribution in [0.1, 0.15) is 5.56 Å². The van der Waals surface area contributed by atoms with Crippen LogP contribution in [-0.4, -0.2) is 47.0 Å². The lowest BCUT2D eigenvalue weighted by atomic mass is 10.2. The first kappa shape index (κ1) is 16.6. The minimum absolute atomic E-state index is 0.287. The molecular formula is C16H18BrFN6. The fraction of sp³-hybridized carbons (Fsp3) is 0.312. The highest BCUT2D eigenvalue weighted by Gasteiger charge is 2.19. The van der Waals surface area contributed by atoms with Crippen LogP contribution >= 0.6 is 15.9 Å². The molecule has 1 aliphatic rings. The zero-order valence-electron chi connectivity index (χ0n) is 13.1. The summed E-state index contributed by atoms with van der Waals surface area (Å²) in [6, 6.07) is 6.52. The van der Waals surface area contributed by atoms with Gasteiger partial charge in [-0.2, -0.15) is 0 Å². The van der Waals surface area contributed by atoms with Crippen LogP contribution < -0.4 is 10.6 Å². The van der Waals surface area contributed by atoms with Gasteiger partial charge in [0.05, 0.1) is 6.54 Å². The topological polar surface area (TPSA) is 70.6 Å². The maximum atomic E-state index is 13.4. The van der Waals surface area contributed by atoms with Gasteiger partial charge in [0.2, 0.25) is 5.95 Å². The van der Waals surface area contributed by atoms with Gasteiger partial charge < -0.3 is 15.5 Å². The lowest BCUT2D eigenvalue weighted by Crippen LogP contribution is -2.51. The third-order valence-electron chi connectivity index (χ3n) is 3.78. The van der Waals surface area contributed by atoms with Crippen molar-refractivity contribution in [1.82, 2.24) is 14.9 Å². The Morgan fingerprint density at radius 1 is 1.17 bits per heavy atom. The Bertz CT molecular complexity index is 696. The van der Waals surface area contributed by atoms with Crippen LogP contribution in [-0.2, 0) is 6.54 Å². The molecule has 3 rings (SSSR count). The van der Waals surface area contributed by atoms with Crippen LogP contribution in [0.4, 0.5) is 10.3 Å². The second-order valence-electron chi connectivity index (χ2n) is 5.48. The molecule has 1 aromatic carbocycles. The average Bonchev–Trinajstić information content (AvgIpc) is 2.60.